The van der Waals surface area contributed by atoms with Gasteiger partial charge in [0.15, 0.2) is 11.6 Å². The van der Waals surface area contributed by atoms with E-state index in [2.05, 4.69) is 4.90 Å². The van der Waals surface area contributed by atoms with Gasteiger partial charge in [-0.25, -0.2) is 8.78 Å². The molecule has 20 heavy (non-hydrogen) atoms. The Morgan fingerprint density at radius 1 is 1.25 bits per heavy atom. The average molecular weight is 282 g/mol. The van der Waals surface area contributed by atoms with Gasteiger partial charge in [-0.2, -0.15) is 0 Å². The van der Waals surface area contributed by atoms with E-state index in [-0.39, 0.29) is 5.56 Å². The minimum Gasteiger partial charge on any atom is -0.372 e. The summed E-state index contributed by atoms with van der Waals surface area (Å²) in [7, 11) is 0. The second kappa shape index (κ2) is 5.76. The van der Waals surface area contributed by atoms with E-state index in [0.29, 0.717) is 18.6 Å². The number of rotatable bonds is 4. The normalized spacial score (nSPS) is 27.8. The van der Waals surface area contributed by atoms with E-state index in [1.54, 1.807) is 6.07 Å². The summed E-state index contributed by atoms with van der Waals surface area (Å²) < 4.78 is 32.6. The maximum absolute atomic E-state index is 13.7. The summed E-state index contributed by atoms with van der Waals surface area (Å²) in [6.45, 7) is 2.65. The van der Waals surface area contributed by atoms with Gasteiger partial charge in [-0.1, -0.05) is 12.1 Å². The highest BCUT2D eigenvalue weighted by Gasteiger charge is 2.33. The predicted octanol–water partition coefficient (Wildman–Crippen LogP) is 2.22. The van der Waals surface area contributed by atoms with Crippen molar-refractivity contribution in [2.45, 2.75) is 37.5 Å². The second-order valence-corrected chi connectivity index (χ2v) is 5.76. The van der Waals surface area contributed by atoms with Crippen LogP contribution in [0.3, 0.4) is 0 Å². The molecular weight excluding hydrogens is 262 g/mol. The van der Waals surface area contributed by atoms with Crippen LogP contribution in [0.15, 0.2) is 18.2 Å². The van der Waals surface area contributed by atoms with E-state index >= 15 is 0 Å². The molecule has 0 amide bonds. The van der Waals surface area contributed by atoms with Crippen molar-refractivity contribution in [3.63, 3.8) is 0 Å². The van der Waals surface area contributed by atoms with Crippen molar-refractivity contribution < 1.29 is 13.5 Å². The third kappa shape index (κ3) is 2.85. The Balaban J connectivity index is 1.57. The molecule has 2 fully saturated rings. The van der Waals surface area contributed by atoms with Crippen LogP contribution < -0.4 is 5.73 Å². The molecule has 1 aromatic rings. The number of hydrogen-bond acceptors (Lipinski definition) is 3. The molecule has 3 unspecified atom stereocenters. The Hall–Kier alpha value is -1.04. The summed E-state index contributed by atoms with van der Waals surface area (Å²) in [6, 6.07) is 3.71. The van der Waals surface area contributed by atoms with E-state index < -0.39 is 17.7 Å². The molecular formula is C15H20F2N2O. The first-order valence-electron chi connectivity index (χ1n) is 7.21. The van der Waals surface area contributed by atoms with Gasteiger partial charge in [0.25, 0.3) is 0 Å². The Kier molecular flexibility index (Phi) is 4.01. The Morgan fingerprint density at radius 3 is 2.65 bits per heavy atom. The van der Waals surface area contributed by atoms with Crippen LogP contribution in [-0.2, 0) is 4.74 Å². The van der Waals surface area contributed by atoms with Crippen molar-refractivity contribution in [1.29, 1.82) is 0 Å². The summed E-state index contributed by atoms with van der Waals surface area (Å²) in [4.78, 5) is 2.32. The zero-order valence-electron chi connectivity index (χ0n) is 11.4. The van der Waals surface area contributed by atoms with E-state index in [9.17, 15) is 8.78 Å². The molecule has 2 aliphatic heterocycles. The van der Waals surface area contributed by atoms with Gasteiger partial charge in [0, 0.05) is 31.2 Å². The van der Waals surface area contributed by atoms with Gasteiger partial charge in [-0.15, -0.1) is 0 Å². The van der Waals surface area contributed by atoms with E-state index in [4.69, 9.17) is 10.5 Å². The van der Waals surface area contributed by atoms with Crippen molar-refractivity contribution in [3.8, 4) is 0 Å². The molecule has 5 heteroatoms. The molecule has 0 saturated carbocycles. The van der Waals surface area contributed by atoms with Gasteiger partial charge in [0.05, 0.1) is 12.2 Å². The fraction of sp³-hybridized carbons (Fsp3) is 0.600. The molecule has 2 N–H and O–H groups in total. The van der Waals surface area contributed by atoms with Crippen LogP contribution in [0, 0.1) is 11.6 Å². The highest BCUT2D eigenvalue weighted by atomic mass is 19.2. The topological polar surface area (TPSA) is 38.5 Å². The van der Waals surface area contributed by atoms with Crippen LogP contribution in [0.2, 0.25) is 0 Å². The number of nitrogens with zero attached hydrogens (tertiary/aromatic N) is 1. The fourth-order valence-electron chi connectivity index (χ4n) is 3.17. The maximum Gasteiger partial charge on any atom is 0.163 e. The first-order valence-corrected chi connectivity index (χ1v) is 7.21. The monoisotopic (exact) mass is 282 g/mol. The van der Waals surface area contributed by atoms with Crippen LogP contribution in [0.1, 0.15) is 30.9 Å². The first-order chi connectivity index (χ1) is 9.63. The minimum absolute atomic E-state index is 0.265. The molecule has 3 atom stereocenters. The quantitative estimate of drug-likeness (QED) is 0.920. The summed E-state index contributed by atoms with van der Waals surface area (Å²) in [5.41, 5.74) is 6.27. The summed E-state index contributed by atoms with van der Waals surface area (Å²) in [5, 5.41) is 0. The molecule has 0 aliphatic carbocycles. The average Bonchev–Trinajstić information content (AvgIpc) is 2.78. The molecule has 0 aromatic heterocycles. The lowest BCUT2D eigenvalue weighted by Gasteiger charge is -2.32. The highest BCUT2D eigenvalue weighted by Crippen LogP contribution is 2.27. The largest absolute Gasteiger partial charge is 0.372 e. The zero-order valence-corrected chi connectivity index (χ0v) is 11.4. The number of benzene rings is 1. The molecule has 110 valence electrons. The molecule has 0 radical (unpaired) electrons. The second-order valence-electron chi connectivity index (χ2n) is 5.76. The number of hydrogen-bond donors (Lipinski definition) is 1. The number of halogens is 2. The van der Waals surface area contributed by atoms with Gasteiger partial charge in [0.2, 0.25) is 0 Å². The van der Waals surface area contributed by atoms with Crippen LogP contribution in [0.25, 0.3) is 0 Å². The number of nitrogens with two attached hydrogens (primary N) is 1. The number of ether oxygens (including phenoxy) is 1. The van der Waals surface area contributed by atoms with Gasteiger partial charge in [-0.05, 0) is 25.3 Å². The summed E-state index contributed by atoms with van der Waals surface area (Å²) >= 11 is 0. The molecule has 2 bridgehead atoms. The standard InChI is InChI=1S/C15H20F2N2O/c16-13-3-1-2-12(15(13)17)14(18)6-7-19-8-10-4-5-11(9-19)20-10/h1-3,10-11,14H,4-9,18H2. The van der Waals surface area contributed by atoms with Gasteiger partial charge in [-0.3, -0.25) is 4.90 Å². The molecule has 0 spiro atoms. The van der Waals surface area contributed by atoms with Crippen LogP contribution in [0.4, 0.5) is 8.78 Å². The Labute approximate surface area is 117 Å². The fourth-order valence-corrected chi connectivity index (χ4v) is 3.17. The zero-order chi connectivity index (χ0) is 14.1. The van der Waals surface area contributed by atoms with Crippen molar-refractivity contribution in [1.82, 2.24) is 4.90 Å². The predicted molar refractivity (Wildman–Crippen MR) is 72.2 cm³/mol. The molecule has 3 rings (SSSR count). The third-order valence-corrected chi connectivity index (χ3v) is 4.26. The Bertz CT molecular complexity index is 471. The van der Waals surface area contributed by atoms with Crippen LogP contribution >= 0.6 is 0 Å². The highest BCUT2D eigenvalue weighted by molar-refractivity contribution is 5.22. The maximum atomic E-state index is 13.7. The smallest absolute Gasteiger partial charge is 0.163 e. The van der Waals surface area contributed by atoms with E-state index in [1.165, 1.54) is 6.07 Å². The van der Waals surface area contributed by atoms with E-state index in [0.717, 1.165) is 38.5 Å². The molecule has 2 saturated heterocycles. The molecule has 3 nitrogen and oxygen atoms in total. The number of likely N-dealkylation sites (tertiary alicyclic amines) is 1. The SMILES string of the molecule is NC(CCN1CC2CCC(C1)O2)c1cccc(F)c1F. The van der Waals surface area contributed by atoms with Gasteiger partial charge >= 0.3 is 0 Å². The first kappa shape index (κ1) is 13.9. The minimum atomic E-state index is -0.831. The van der Waals surface area contributed by atoms with Crippen molar-refractivity contribution in [3.05, 3.63) is 35.4 Å². The van der Waals surface area contributed by atoms with Gasteiger partial charge < -0.3 is 10.5 Å². The summed E-state index contributed by atoms with van der Waals surface area (Å²) in [6.07, 6.45) is 3.57. The Morgan fingerprint density at radius 2 is 1.95 bits per heavy atom. The van der Waals surface area contributed by atoms with Crippen LogP contribution in [-0.4, -0.2) is 36.7 Å². The van der Waals surface area contributed by atoms with Crippen molar-refractivity contribution >= 4 is 0 Å². The number of fused-ring (bicyclic) bond motifs is 2. The van der Waals surface area contributed by atoms with Crippen LogP contribution in [0.5, 0.6) is 0 Å². The van der Waals surface area contributed by atoms with Crippen molar-refractivity contribution in [2.24, 2.45) is 5.73 Å². The van der Waals surface area contributed by atoms with E-state index in [1.807, 2.05) is 0 Å². The van der Waals surface area contributed by atoms with Gasteiger partial charge in [0.1, 0.15) is 0 Å². The lowest BCUT2D eigenvalue weighted by molar-refractivity contribution is -0.0388. The molecule has 2 heterocycles. The van der Waals surface area contributed by atoms with Crippen molar-refractivity contribution in [2.75, 3.05) is 19.6 Å². The lowest BCUT2D eigenvalue weighted by Crippen LogP contribution is -2.43. The molecule has 1 aromatic carbocycles. The summed E-state index contributed by atoms with van der Waals surface area (Å²) in [5.74, 6) is -1.65. The number of morpholine rings is 1. The molecule has 2 aliphatic rings. The lowest BCUT2D eigenvalue weighted by atomic mass is 10.0. The third-order valence-electron chi connectivity index (χ3n) is 4.26.